The molecule has 0 amide bonds. The minimum atomic E-state index is -4.80. The molecule has 0 aromatic heterocycles. The van der Waals surface area contributed by atoms with Crippen molar-refractivity contribution >= 4 is 25.7 Å². The number of allylic oxidation sites excluding steroid dienone is 26. The summed E-state index contributed by atoms with van der Waals surface area (Å²) in [5.74, 6) is -1.65. The summed E-state index contributed by atoms with van der Waals surface area (Å²) in [4.78, 5) is 48.7. The van der Waals surface area contributed by atoms with Gasteiger partial charge in [0.25, 0.3) is 0 Å². The first kappa shape index (κ1) is 77.1. The van der Waals surface area contributed by atoms with Crippen LogP contribution in [-0.4, -0.2) is 66.5 Å². The second kappa shape index (κ2) is 62.2. The van der Waals surface area contributed by atoms with Crippen molar-refractivity contribution in [1.29, 1.82) is 0 Å². The van der Waals surface area contributed by atoms with Crippen molar-refractivity contribution < 1.29 is 52.2 Å². The predicted octanol–water partition coefficient (Wildman–Crippen LogP) is 19.3. The smallest absolute Gasteiger partial charge is 0.462 e. The molecule has 2 N–H and O–H groups in total. The topological polar surface area (TPSA) is 155 Å². The summed E-state index contributed by atoms with van der Waals surface area (Å²) in [7, 11) is -4.80. The first-order chi connectivity index (χ1) is 40.2. The Kier molecular flexibility index (Phi) is 58.4. The van der Waals surface area contributed by atoms with E-state index in [1.165, 1.54) is 57.8 Å². The second-order valence-corrected chi connectivity index (χ2v) is 21.6. The van der Waals surface area contributed by atoms with Crippen LogP contribution >= 0.6 is 7.82 Å². The quantitative estimate of drug-likeness (QED) is 0.0197. The maximum Gasteiger partial charge on any atom is 0.472 e. The Labute approximate surface area is 498 Å². The molecule has 0 aromatic rings. The van der Waals surface area contributed by atoms with Crippen molar-refractivity contribution in [2.75, 3.05) is 26.4 Å². The number of phosphoric acid groups is 1. The lowest BCUT2D eigenvalue weighted by molar-refractivity contribution is -0.161. The van der Waals surface area contributed by atoms with E-state index < -0.39 is 57.8 Å². The number of esters is 3. The Morgan fingerprint density at radius 3 is 1.09 bits per heavy atom. The molecular formula is C70H111O11P. The number of hydrogen-bond acceptors (Lipinski definition) is 10. The lowest BCUT2D eigenvalue weighted by Gasteiger charge is -2.21. The minimum Gasteiger partial charge on any atom is -0.462 e. The second-order valence-electron chi connectivity index (χ2n) is 20.1. The summed E-state index contributed by atoms with van der Waals surface area (Å²) in [6, 6.07) is 0. The van der Waals surface area contributed by atoms with Gasteiger partial charge in [-0.25, -0.2) is 4.57 Å². The molecule has 0 aliphatic carbocycles. The minimum absolute atomic E-state index is 0.0282. The average molecular weight is 1160 g/mol. The van der Waals surface area contributed by atoms with Crippen LogP contribution in [0.25, 0.3) is 0 Å². The average Bonchev–Trinajstić information content (AvgIpc) is 3.50. The molecule has 0 aliphatic heterocycles. The summed E-state index contributed by atoms with van der Waals surface area (Å²) >= 11 is 0. The van der Waals surface area contributed by atoms with E-state index in [9.17, 15) is 28.9 Å². The highest BCUT2D eigenvalue weighted by atomic mass is 31.2. The maximum absolute atomic E-state index is 12.9. The van der Waals surface area contributed by atoms with E-state index in [0.29, 0.717) is 32.1 Å². The van der Waals surface area contributed by atoms with E-state index in [0.717, 1.165) is 96.3 Å². The van der Waals surface area contributed by atoms with Crippen molar-refractivity contribution in [3.63, 3.8) is 0 Å². The molecule has 0 spiro atoms. The Bertz CT molecular complexity index is 1980. The monoisotopic (exact) mass is 1160 g/mol. The largest absolute Gasteiger partial charge is 0.472 e. The predicted molar refractivity (Wildman–Crippen MR) is 343 cm³/mol. The van der Waals surface area contributed by atoms with Crippen LogP contribution in [0.5, 0.6) is 0 Å². The molecule has 0 rings (SSSR count). The summed E-state index contributed by atoms with van der Waals surface area (Å²) in [5, 5.41) is 9.84. The van der Waals surface area contributed by atoms with E-state index in [1.54, 1.807) is 0 Å². The Hall–Kier alpha value is -4.90. The number of carbonyl (C=O) groups excluding carboxylic acids is 3. The number of unbranched alkanes of at least 4 members (excludes halogenated alkanes) is 13. The van der Waals surface area contributed by atoms with Crippen LogP contribution in [0.4, 0.5) is 0 Å². The molecule has 3 unspecified atom stereocenters. The normalized spacial score (nSPS) is 14.4. The van der Waals surface area contributed by atoms with E-state index in [2.05, 4.69) is 154 Å². The zero-order valence-corrected chi connectivity index (χ0v) is 52.0. The van der Waals surface area contributed by atoms with Gasteiger partial charge in [-0.05, 0) is 128 Å². The van der Waals surface area contributed by atoms with Crippen molar-refractivity contribution in [2.24, 2.45) is 0 Å². The third-order valence-corrected chi connectivity index (χ3v) is 13.4. The molecule has 462 valence electrons. The number of phosphoric ester groups is 1. The molecule has 0 saturated heterocycles. The van der Waals surface area contributed by atoms with Gasteiger partial charge in [0.2, 0.25) is 0 Å². The SMILES string of the molecule is CC/C=C\C/C=C\C/C=C\C/C=C\C/C=C\C/C=C\CCC(=O)OC(COC(=O)CCCCCCCCCCC/C=C\C/C=C\CCCCC)COP(=O)(O)OCC(CO)OC(=O)CCC/C=C\C/C=C\C/C=C\C/C=C\C/C=C\CC. The van der Waals surface area contributed by atoms with Gasteiger partial charge < -0.3 is 24.2 Å². The van der Waals surface area contributed by atoms with Crippen molar-refractivity contribution in [1.82, 2.24) is 0 Å². The van der Waals surface area contributed by atoms with Crippen molar-refractivity contribution in [3.05, 3.63) is 158 Å². The third kappa shape index (κ3) is 59.7. The Balaban J connectivity index is 4.90. The third-order valence-electron chi connectivity index (χ3n) is 12.4. The molecule has 0 bridgehead atoms. The van der Waals surface area contributed by atoms with Crippen LogP contribution in [0.2, 0.25) is 0 Å². The first-order valence-electron chi connectivity index (χ1n) is 31.4. The van der Waals surface area contributed by atoms with Gasteiger partial charge in [0.1, 0.15) is 12.7 Å². The Morgan fingerprint density at radius 1 is 0.354 bits per heavy atom. The molecule has 0 saturated carbocycles. The molecule has 3 atom stereocenters. The number of rotatable bonds is 56. The van der Waals surface area contributed by atoms with Crippen LogP contribution in [-0.2, 0) is 42.2 Å². The van der Waals surface area contributed by atoms with E-state index in [-0.39, 0.29) is 25.9 Å². The maximum atomic E-state index is 12.9. The van der Waals surface area contributed by atoms with Gasteiger partial charge >= 0.3 is 25.7 Å². The number of hydrogen-bond donors (Lipinski definition) is 2. The number of aliphatic hydroxyl groups is 1. The van der Waals surface area contributed by atoms with Gasteiger partial charge in [0.15, 0.2) is 6.10 Å². The number of ether oxygens (including phenoxy) is 3. The van der Waals surface area contributed by atoms with Crippen LogP contribution in [0, 0.1) is 0 Å². The van der Waals surface area contributed by atoms with E-state index in [1.807, 2.05) is 24.3 Å². The van der Waals surface area contributed by atoms with Crippen molar-refractivity contribution in [2.45, 2.75) is 238 Å². The molecule has 12 heteroatoms. The van der Waals surface area contributed by atoms with Crippen LogP contribution < -0.4 is 0 Å². The Morgan fingerprint density at radius 2 is 0.671 bits per heavy atom. The van der Waals surface area contributed by atoms with E-state index >= 15 is 0 Å². The molecule has 0 fully saturated rings. The fourth-order valence-corrected chi connectivity index (χ4v) is 8.53. The molecule has 11 nitrogen and oxygen atoms in total. The molecule has 82 heavy (non-hydrogen) atoms. The van der Waals surface area contributed by atoms with E-state index in [4.69, 9.17) is 23.3 Å². The summed E-state index contributed by atoms with van der Waals surface area (Å²) in [5.41, 5.74) is 0. The highest BCUT2D eigenvalue weighted by Crippen LogP contribution is 2.43. The van der Waals surface area contributed by atoms with Gasteiger partial charge in [0.05, 0.1) is 19.8 Å². The molecular weight excluding hydrogens is 1050 g/mol. The molecule has 0 radical (unpaired) electrons. The molecule has 0 aromatic carbocycles. The van der Waals surface area contributed by atoms with Gasteiger partial charge in [-0.1, -0.05) is 237 Å². The fraction of sp³-hybridized carbons (Fsp3) is 0.586. The fourth-order valence-electron chi connectivity index (χ4n) is 7.74. The van der Waals surface area contributed by atoms with Crippen LogP contribution in [0.1, 0.15) is 226 Å². The van der Waals surface area contributed by atoms with Crippen molar-refractivity contribution in [3.8, 4) is 0 Å². The summed E-state index contributed by atoms with van der Waals surface area (Å²) < 4.78 is 39.5. The summed E-state index contributed by atoms with van der Waals surface area (Å²) in [6.45, 7) is 4.23. The van der Waals surface area contributed by atoms with Crippen LogP contribution in [0.15, 0.2) is 158 Å². The lowest BCUT2D eigenvalue weighted by atomic mass is 10.1. The standard InChI is InChI=1S/C70H111O11P/c1-4-7-10-13-16-19-22-25-28-31-33-36-38-41-44-47-50-53-56-59-68(72)77-63-67(81-70(74)61-58-55-52-49-46-43-40-37-34-32-29-26-23-20-17-14-11-8-5-2)65-79-82(75,76)78-64-66(62-71)80-69(73)60-57-54-51-48-45-42-39-35-30-27-24-21-18-15-12-9-6-3/h8-9,11-12,16-21,25-30,34,37,39,42-43,46,48,51-52,55,66-67,71H,4-7,10,13-15,22-24,31-33,35-36,38,40-41,44-45,47,49-50,53-54,56-65H2,1-3H3,(H,75,76)/b11-8-,12-9-,19-16-,20-17-,21-18-,28-25-,29-26-,30-27-,37-34-,42-39-,46-43-,51-48-,55-52-. The molecule has 0 aliphatic rings. The highest BCUT2D eigenvalue weighted by molar-refractivity contribution is 7.47. The van der Waals surface area contributed by atoms with Gasteiger partial charge in [0, 0.05) is 19.3 Å². The lowest BCUT2D eigenvalue weighted by Crippen LogP contribution is -2.30. The highest BCUT2D eigenvalue weighted by Gasteiger charge is 2.28. The van der Waals surface area contributed by atoms with Gasteiger partial charge in [-0.15, -0.1) is 0 Å². The van der Waals surface area contributed by atoms with Gasteiger partial charge in [-0.2, -0.15) is 0 Å². The number of aliphatic hydroxyl groups excluding tert-OH is 1. The summed E-state index contributed by atoms with van der Waals surface area (Å²) in [6.07, 6.45) is 82.2. The first-order valence-corrected chi connectivity index (χ1v) is 32.9. The molecule has 0 heterocycles. The number of carbonyl (C=O) groups is 3. The zero-order chi connectivity index (χ0) is 59.8. The van der Waals surface area contributed by atoms with Gasteiger partial charge in [-0.3, -0.25) is 23.4 Å². The zero-order valence-electron chi connectivity index (χ0n) is 51.1. The van der Waals surface area contributed by atoms with Crippen LogP contribution in [0.3, 0.4) is 0 Å².